The van der Waals surface area contributed by atoms with Crippen LogP contribution in [0.4, 0.5) is 5.69 Å². The summed E-state index contributed by atoms with van der Waals surface area (Å²) in [4.78, 5) is 0. The van der Waals surface area contributed by atoms with E-state index in [4.69, 9.17) is 10.0 Å². The van der Waals surface area contributed by atoms with Crippen LogP contribution in [0.2, 0.25) is 0 Å². The molecular formula is C9H17N3OS2. The van der Waals surface area contributed by atoms with Crippen LogP contribution in [-0.2, 0) is 10.8 Å². The Bertz CT molecular complexity index is 269. The standard InChI is InChI=1S/C9H15N3OS.H2S/c1-11-13-14-12(2)9-5-3-8(7-10)4-6-9;/h3-6,11H,7,10H2,1-2H3;1H2. The number of hydrogen-bond donors (Lipinski definition) is 2. The molecule has 0 atom stereocenters. The van der Waals surface area contributed by atoms with E-state index in [1.54, 1.807) is 7.05 Å². The third-order valence-corrected chi connectivity index (χ3v) is 2.44. The summed E-state index contributed by atoms with van der Waals surface area (Å²) in [6, 6.07) is 8.03. The van der Waals surface area contributed by atoms with Crippen molar-refractivity contribution in [3.8, 4) is 0 Å². The molecule has 0 unspecified atom stereocenters. The zero-order valence-electron chi connectivity index (χ0n) is 8.86. The largest absolute Gasteiger partial charge is 0.326 e. The van der Waals surface area contributed by atoms with Crippen LogP contribution < -0.4 is 15.5 Å². The summed E-state index contributed by atoms with van der Waals surface area (Å²) >= 11 is 1.23. The maximum Gasteiger partial charge on any atom is 0.135 e. The van der Waals surface area contributed by atoms with Crippen LogP contribution in [0.25, 0.3) is 0 Å². The Morgan fingerprint density at radius 1 is 1.40 bits per heavy atom. The van der Waals surface area contributed by atoms with Gasteiger partial charge in [-0.1, -0.05) is 12.1 Å². The van der Waals surface area contributed by atoms with Crippen molar-refractivity contribution in [2.24, 2.45) is 5.73 Å². The van der Waals surface area contributed by atoms with Crippen LogP contribution in [0.3, 0.4) is 0 Å². The smallest absolute Gasteiger partial charge is 0.135 e. The molecule has 1 rings (SSSR count). The van der Waals surface area contributed by atoms with E-state index in [9.17, 15) is 0 Å². The first-order chi connectivity index (χ1) is 6.77. The highest BCUT2D eigenvalue weighted by Crippen LogP contribution is 2.20. The number of anilines is 1. The van der Waals surface area contributed by atoms with Crippen molar-refractivity contribution in [1.82, 2.24) is 5.48 Å². The Balaban J connectivity index is 0.00000196. The Hall–Kier alpha value is -0.400. The molecule has 0 aliphatic heterocycles. The average molecular weight is 247 g/mol. The second-order valence-electron chi connectivity index (χ2n) is 2.73. The molecule has 6 heteroatoms. The molecule has 0 heterocycles. The van der Waals surface area contributed by atoms with Gasteiger partial charge in [0.05, 0.1) is 0 Å². The van der Waals surface area contributed by atoms with Crippen molar-refractivity contribution < 1.29 is 4.28 Å². The predicted molar refractivity (Wildman–Crippen MR) is 70.9 cm³/mol. The van der Waals surface area contributed by atoms with Gasteiger partial charge in [-0.3, -0.25) is 4.31 Å². The van der Waals surface area contributed by atoms with Crippen molar-refractivity contribution in [3.05, 3.63) is 29.8 Å². The minimum absolute atomic E-state index is 0. The summed E-state index contributed by atoms with van der Waals surface area (Å²) in [6.45, 7) is 0.574. The number of rotatable bonds is 5. The Kier molecular flexibility index (Phi) is 7.63. The fraction of sp³-hybridized carbons (Fsp3) is 0.333. The molecule has 0 bridgehead atoms. The van der Waals surface area contributed by atoms with Crippen LogP contribution in [0.1, 0.15) is 5.56 Å². The second-order valence-corrected chi connectivity index (χ2v) is 3.59. The van der Waals surface area contributed by atoms with Gasteiger partial charge >= 0.3 is 0 Å². The van der Waals surface area contributed by atoms with E-state index in [1.165, 1.54) is 12.2 Å². The van der Waals surface area contributed by atoms with E-state index in [0.29, 0.717) is 6.54 Å². The summed E-state index contributed by atoms with van der Waals surface area (Å²) < 4.78 is 6.89. The quantitative estimate of drug-likeness (QED) is 0.468. The van der Waals surface area contributed by atoms with Gasteiger partial charge in [-0.05, 0) is 17.7 Å². The molecule has 86 valence electrons. The van der Waals surface area contributed by atoms with Crippen LogP contribution >= 0.6 is 25.7 Å². The number of nitrogens with zero attached hydrogens (tertiary/aromatic N) is 1. The van der Waals surface area contributed by atoms with Crippen molar-refractivity contribution in [1.29, 1.82) is 0 Å². The molecule has 0 saturated heterocycles. The topological polar surface area (TPSA) is 50.5 Å². The van der Waals surface area contributed by atoms with Crippen molar-refractivity contribution in [2.75, 3.05) is 18.4 Å². The highest BCUT2D eigenvalue weighted by Gasteiger charge is 2.01. The number of benzene rings is 1. The summed E-state index contributed by atoms with van der Waals surface area (Å²) in [5.74, 6) is 0. The third kappa shape index (κ3) is 4.76. The highest BCUT2D eigenvalue weighted by molar-refractivity contribution is 7.96. The monoisotopic (exact) mass is 247 g/mol. The van der Waals surface area contributed by atoms with E-state index >= 15 is 0 Å². The van der Waals surface area contributed by atoms with Gasteiger partial charge in [0, 0.05) is 26.3 Å². The van der Waals surface area contributed by atoms with Crippen LogP contribution in [0, 0.1) is 0 Å². The van der Waals surface area contributed by atoms with Crippen molar-refractivity contribution >= 4 is 31.4 Å². The molecule has 0 radical (unpaired) electrons. The maximum absolute atomic E-state index is 5.50. The van der Waals surface area contributed by atoms with Crippen LogP contribution in [-0.4, -0.2) is 14.1 Å². The SMILES string of the molecule is CNOSN(C)c1ccc(CN)cc1.S. The van der Waals surface area contributed by atoms with Gasteiger partial charge < -0.3 is 5.73 Å². The summed E-state index contributed by atoms with van der Waals surface area (Å²) in [6.07, 6.45) is 0. The number of hydroxylamine groups is 1. The zero-order chi connectivity index (χ0) is 10.4. The van der Waals surface area contributed by atoms with Gasteiger partial charge in [0.1, 0.15) is 12.2 Å². The fourth-order valence-corrected chi connectivity index (χ4v) is 1.37. The first-order valence-electron chi connectivity index (χ1n) is 4.31. The van der Waals surface area contributed by atoms with Crippen LogP contribution in [0.5, 0.6) is 0 Å². The third-order valence-electron chi connectivity index (χ3n) is 1.77. The first kappa shape index (κ1) is 14.6. The number of nitrogens with two attached hydrogens (primary N) is 1. The van der Waals surface area contributed by atoms with Crippen LogP contribution in [0.15, 0.2) is 24.3 Å². The molecule has 0 amide bonds. The zero-order valence-corrected chi connectivity index (χ0v) is 10.7. The fourth-order valence-electron chi connectivity index (χ4n) is 0.978. The minimum Gasteiger partial charge on any atom is -0.326 e. The Labute approximate surface area is 102 Å². The van der Waals surface area contributed by atoms with E-state index in [0.717, 1.165) is 11.3 Å². The van der Waals surface area contributed by atoms with Gasteiger partial charge in [0.15, 0.2) is 0 Å². The first-order valence-corrected chi connectivity index (χ1v) is 5.01. The molecule has 0 fully saturated rings. The van der Waals surface area contributed by atoms with Gasteiger partial charge in [0.25, 0.3) is 0 Å². The number of nitrogens with one attached hydrogen (secondary N) is 1. The van der Waals surface area contributed by atoms with E-state index in [1.807, 2.05) is 35.6 Å². The van der Waals surface area contributed by atoms with Gasteiger partial charge in [-0.25, -0.2) is 4.28 Å². The molecule has 1 aromatic rings. The molecule has 15 heavy (non-hydrogen) atoms. The normalized spacial score (nSPS) is 9.53. The lowest BCUT2D eigenvalue weighted by molar-refractivity contribution is 0.271. The Morgan fingerprint density at radius 3 is 2.47 bits per heavy atom. The molecule has 0 aliphatic rings. The molecular weight excluding hydrogens is 230 g/mol. The highest BCUT2D eigenvalue weighted by atomic mass is 32.2. The summed E-state index contributed by atoms with van der Waals surface area (Å²) in [7, 11) is 3.65. The molecule has 1 aromatic carbocycles. The minimum atomic E-state index is 0. The maximum atomic E-state index is 5.50. The predicted octanol–water partition coefficient (Wildman–Crippen LogP) is 1.41. The average Bonchev–Trinajstić information content (AvgIpc) is 2.26. The van der Waals surface area contributed by atoms with Gasteiger partial charge in [-0.15, -0.1) is 0 Å². The molecule has 0 aliphatic carbocycles. The second kappa shape index (κ2) is 7.84. The van der Waals surface area contributed by atoms with Gasteiger partial charge in [-0.2, -0.15) is 19.0 Å². The van der Waals surface area contributed by atoms with E-state index in [2.05, 4.69) is 5.48 Å². The summed E-state index contributed by atoms with van der Waals surface area (Å²) in [5, 5.41) is 0. The molecule has 3 N–H and O–H groups in total. The lowest BCUT2D eigenvalue weighted by atomic mass is 10.2. The summed E-state index contributed by atoms with van der Waals surface area (Å²) in [5.41, 5.74) is 10.3. The van der Waals surface area contributed by atoms with Crippen molar-refractivity contribution in [2.45, 2.75) is 6.54 Å². The molecule has 0 spiro atoms. The number of hydrogen-bond acceptors (Lipinski definition) is 5. The molecule has 4 nitrogen and oxygen atoms in total. The van der Waals surface area contributed by atoms with Gasteiger partial charge in [0.2, 0.25) is 0 Å². The van der Waals surface area contributed by atoms with Crippen molar-refractivity contribution in [3.63, 3.8) is 0 Å². The lowest BCUT2D eigenvalue weighted by Gasteiger charge is -2.15. The Morgan fingerprint density at radius 2 is 2.00 bits per heavy atom. The van der Waals surface area contributed by atoms with E-state index in [-0.39, 0.29) is 13.5 Å². The lowest BCUT2D eigenvalue weighted by Crippen LogP contribution is -2.11. The molecule has 0 aromatic heterocycles. The molecule has 0 saturated carbocycles. The van der Waals surface area contributed by atoms with E-state index < -0.39 is 0 Å².